The summed E-state index contributed by atoms with van der Waals surface area (Å²) < 4.78 is 0.851. The van der Waals surface area contributed by atoms with E-state index < -0.39 is 0 Å². The molecule has 5 heteroatoms. The molecule has 0 saturated heterocycles. The third-order valence-corrected chi connectivity index (χ3v) is 2.92. The third-order valence-electron chi connectivity index (χ3n) is 2.49. The molecule has 2 aromatic rings. The van der Waals surface area contributed by atoms with Crippen LogP contribution in [0.2, 0.25) is 0 Å². The van der Waals surface area contributed by atoms with Crippen LogP contribution in [-0.2, 0) is 5.41 Å². The molecule has 0 aliphatic carbocycles. The van der Waals surface area contributed by atoms with Crippen molar-refractivity contribution in [3.05, 3.63) is 45.0 Å². The van der Waals surface area contributed by atoms with Crippen molar-refractivity contribution in [1.29, 1.82) is 0 Å². The zero-order chi connectivity index (χ0) is 13.3. The Kier molecular flexibility index (Phi) is 3.34. The molecule has 94 valence electrons. The van der Waals surface area contributed by atoms with Gasteiger partial charge in [0.25, 0.3) is 5.56 Å². The second-order valence-corrected chi connectivity index (χ2v) is 6.04. The molecule has 0 aliphatic heterocycles. The van der Waals surface area contributed by atoms with Crippen molar-refractivity contribution in [2.24, 2.45) is 0 Å². The van der Waals surface area contributed by atoms with E-state index in [0.29, 0.717) is 5.82 Å². The second-order valence-electron chi connectivity index (χ2n) is 5.12. The first-order valence-electron chi connectivity index (χ1n) is 5.59. The lowest BCUT2D eigenvalue weighted by Crippen LogP contribution is -2.19. The number of halogens is 1. The predicted molar refractivity (Wildman–Crippen MR) is 74.5 cm³/mol. The lowest BCUT2D eigenvalue weighted by Gasteiger charge is -2.17. The number of aromatic nitrogens is 3. The van der Waals surface area contributed by atoms with Gasteiger partial charge in [-0.2, -0.15) is 0 Å². The molecule has 2 heterocycles. The monoisotopic (exact) mass is 307 g/mol. The van der Waals surface area contributed by atoms with Gasteiger partial charge < -0.3 is 4.98 Å². The van der Waals surface area contributed by atoms with E-state index in [1.165, 1.54) is 6.07 Å². The molecule has 0 amide bonds. The Morgan fingerprint density at radius 2 is 1.94 bits per heavy atom. The maximum atomic E-state index is 11.7. The van der Waals surface area contributed by atoms with Crippen molar-refractivity contribution in [2.75, 3.05) is 0 Å². The van der Waals surface area contributed by atoms with Crippen LogP contribution in [0.5, 0.6) is 0 Å². The topological polar surface area (TPSA) is 58.6 Å². The number of aromatic amines is 1. The number of nitrogens with zero attached hydrogens (tertiary/aromatic N) is 2. The van der Waals surface area contributed by atoms with E-state index in [9.17, 15) is 4.79 Å². The van der Waals surface area contributed by atoms with Gasteiger partial charge >= 0.3 is 0 Å². The Morgan fingerprint density at radius 1 is 1.22 bits per heavy atom. The quantitative estimate of drug-likeness (QED) is 0.881. The Labute approximate surface area is 114 Å². The zero-order valence-electron chi connectivity index (χ0n) is 10.5. The largest absolute Gasteiger partial charge is 0.306 e. The summed E-state index contributed by atoms with van der Waals surface area (Å²) in [6, 6.07) is 3.41. The lowest BCUT2D eigenvalue weighted by atomic mass is 9.92. The molecule has 1 N–H and O–H groups in total. The highest BCUT2D eigenvalue weighted by Crippen LogP contribution is 2.22. The molecule has 0 aliphatic rings. The van der Waals surface area contributed by atoms with Crippen LogP contribution in [0, 0.1) is 0 Å². The molecule has 0 fully saturated rings. The predicted octanol–water partition coefficient (Wildman–Crippen LogP) is 2.89. The lowest BCUT2D eigenvalue weighted by molar-refractivity contribution is 0.566. The fraction of sp³-hybridized carbons (Fsp3) is 0.308. The molecule has 0 spiro atoms. The molecule has 0 aromatic carbocycles. The van der Waals surface area contributed by atoms with Crippen LogP contribution in [0.1, 0.15) is 26.5 Å². The molecular formula is C13H14BrN3O. The van der Waals surface area contributed by atoms with Crippen molar-refractivity contribution in [3.63, 3.8) is 0 Å². The van der Waals surface area contributed by atoms with E-state index in [1.54, 1.807) is 12.4 Å². The SMILES string of the molecule is CC(C)(C)c1cc(=O)[nH]c(-c2cncc(Br)c2)n1. The molecule has 0 atom stereocenters. The Balaban J connectivity index is 2.59. The summed E-state index contributed by atoms with van der Waals surface area (Å²) >= 11 is 3.35. The highest BCUT2D eigenvalue weighted by Gasteiger charge is 2.17. The normalized spacial score (nSPS) is 11.6. The fourth-order valence-electron chi connectivity index (χ4n) is 1.52. The molecule has 0 unspecified atom stereocenters. The Morgan fingerprint density at radius 3 is 2.56 bits per heavy atom. The maximum Gasteiger partial charge on any atom is 0.251 e. The minimum Gasteiger partial charge on any atom is -0.306 e. The Bertz CT molecular complexity index is 629. The van der Waals surface area contributed by atoms with Crippen molar-refractivity contribution in [1.82, 2.24) is 15.0 Å². The molecule has 0 bridgehead atoms. The van der Waals surface area contributed by atoms with Crippen LogP contribution in [0.3, 0.4) is 0 Å². The van der Waals surface area contributed by atoms with E-state index in [-0.39, 0.29) is 11.0 Å². The highest BCUT2D eigenvalue weighted by atomic mass is 79.9. The first kappa shape index (κ1) is 13.0. The van der Waals surface area contributed by atoms with E-state index in [0.717, 1.165) is 15.7 Å². The molecule has 2 aromatic heterocycles. The maximum absolute atomic E-state index is 11.7. The summed E-state index contributed by atoms with van der Waals surface area (Å²) in [6.07, 6.45) is 3.37. The minimum absolute atomic E-state index is 0.148. The summed E-state index contributed by atoms with van der Waals surface area (Å²) in [5.74, 6) is 0.543. The smallest absolute Gasteiger partial charge is 0.251 e. The number of H-pyrrole nitrogens is 1. The van der Waals surface area contributed by atoms with Crippen molar-refractivity contribution in [3.8, 4) is 11.4 Å². The molecule has 4 nitrogen and oxygen atoms in total. The standard InChI is InChI=1S/C13H14BrN3O/c1-13(2,3)10-5-11(18)17-12(16-10)8-4-9(14)7-15-6-8/h4-7H,1-3H3,(H,16,17,18). The van der Waals surface area contributed by atoms with E-state index in [4.69, 9.17) is 0 Å². The van der Waals surface area contributed by atoms with Crippen LogP contribution in [0.4, 0.5) is 0 Å². The Hall–Kier alpha value is -1.49. The van der Waals surface area contributed by atoms with Gasteiger partial charge in [-0.15, -0.1) is 0 Å². The van der Waals surface area contributed by atoms with Gasteiger partial charge in [-0.05, 0) is 22.0 Å². The summed E-state index contributed by atoms with van der Waals surface area (Å²) in [6.45, 7) is 6.08. The van der Waals surface area contributed by atoms with Gasteiger partial charge in [0.15, 0.2) is 0 Å². The second kappa shape index (κ2) is 4.65. The van der Waals surface area contributed by atoms with Gasteiger partial charge in [0.1, 0.15) is 5.82 Å². The summed E-state index contributed by atoms with van der Waals surface area (Å²) in [4.78, 5) is 23.0. The molecule has 0 saturated carbocycles. The van der Waals surface area contributed by atoms with Crippen molar-refractivity contribution in [2.45, 2.75) is 26.2 Å². The van der Waals surface area contributed by atoms with Crippen molar-refractivity contribution < 1.29 is 0 Å². The van der Waals surface area contributed by atoms with E-state index in [2.05, 4.69) is 30.9 Å². The minimum atomic E-state index is -0.164. The molecular weight excluding hydrogens is 294 g/mol. The summed E-state index contributed by atoms with van der Waals surface area (Å²) in [5.41, 5.74) is 1.24. The van der Waals surface area contributed by atoms with Gasteiger partial charge in [-0.25, -0.2) is 4.98 Å². The third kappa shape index (κ3) is 2.85. The van der Waals surface area contributed by atoms with E-state index >= 15 is 0 Å². The van der Waals surface area contributed by atoms with Crippen LogP contribution in [0.25, 0.3) is 11.4 Å². The number of hydrogen-bond donors (Lipinski definition) is 1. The summed E-state index contributed by atoms with van der Waals surface area (Å²) in [7, 11) is 0. The fourth-order valence-corrected chi connectivity index (χ4v) is 1.88. The van der Waals surface area contributed by atoms with Crippen LogP contribution < -0.4 is 5.56 Å². The number of hydrogen-bond acceptors (Lipinski definition) is 3. The first-order chi connectivity index (χ1) is 8.36. The van der Waals surface area contributed by atoms with E-state index in [1.807, 2.05) is 26.8 Å². The van der Waals surface area contributed by atoms with Crippen LogP contribution >= 0.6 is 15.9 Å². The average molecular weight is 308 g/mol. The van der Waals surface area contributed by atoms with Gasteiger partial charge in [-0.1, -0.05) is 20.8 Å². The molecule has 18 heavy (non-hydrogen) atoms. The zero-order valence-corrected chi connectivity index (χ0v) is 12.1. The number of rotatable bonds is 1. The summed E-state index contributed by atoms with van der Waals surface area (Å²) in [5, 5.41) is 0. The molecule has 2 rings (SSSR count). The van der Waals surface area contributed by atoms with Gasteiger partial charge in [0, 0.05) is 33.9 Å². The average Bonchev–Trinajstić information content (AvgIpc) is 2.27. The van der Waals surface area contributed by atoms with Crippen LogP contribution in [0.15, 0.2) is 33.8 Å². The highest BCUT2D eigenvalue weighted by molar-refractivity contribution is 9.10. The number of pyridine rings is 1. The molecule has 0 radical (unpaired) electrons. The van der Waals surface area contributed by atoms with Gasteiger partial charge in [0.05, 0.1) is 5.69 Å². The van der Waals surface area contributed by atoms with Gasteiger partial charge in [0.2, 0.25) is 0 Å². The van der Waals surface area contributed by atoms with Gasteiger partial charge in [-0.3, -0.25) is 9.78 Å². The van der Waals surface area contributed by atoms with Crippen LogP contribution in [-0.4, -0.2) is 15.0 Å². The number of nitrogens with one attached hydrogen (secondary N) is 1. The van der Waals surface area contributed by atoms with Crippen molar-refractivity contribution >= 4 is 15.9 Å². The first-order valence-corrected chi connectivity index (χ1v) is 6.38.